The summed E-state index contributed by atoms with van der Waals surface area (Å²) in [5, 5.41) is 7.28. The van der Waals surface area contributed by atoms with E-state index in [0.29, 0.717) is 5.89 Å². The minimum atomic E-state index is 0.0525. The first-order valence-electron chi connectivity index (χ1n) is 5.76. The highest BCUT2D eigenvalue weighted by Crippen LogP contribution is 2.24. The van der Waals surface area contributed by atoms with Crippen LogP contribution in [0, 0.1) is 0 Å². The molecule has 1 aromatic carbocycles. The van der Waals surface area contributed by atoms with E-state index in [0.717, 1.165) is 5.75 Å². The number of rotatable bonds is 3. The van der Waals surface area contributed by atoms with Crippen molar-refractivity contribution in [2.75, 3.05) is 5.73 Å². The molecule has 0 aliphatic rings. The van der Waals surface area contributed by atoms with E-state index in [1.165, 1.54) is 5.56 Å². The zero-order valence-corrected chi connectivity index (χ0v) is 10.8. The van der Waals surface area contributed by atoms with Gasteiger partial charge in [0.1, 0.15) is 5.75 Å². The van der Waals surface area contributed by atoms with E-state index < -0.39 is 0 Å². The monoisotopic (exact) mass is 247 g/mol. The molecule has 0 saturated heterocycles. The molecule has 0 bridgehead atoms. The molecule has 0 aliphatic carbocycles. The van der Waals surface area contributed by atoms with Crippen molar-refractivity contribution >= 4 is 6.01 Å². The topological polar surface area (TPSA) is 74.2 Å². The molecule has 0 aliphatic heterocycles. The van der Waals surface area contributed by atoms with Gasteiger partial charge >= 0.3 is 6.01 Å². The molecular weight excluding hydrogens is 230 g/mol. The second-order valence-electron chi connectivity index (χ2n) is 5.10. The second kappa shape index (κ2) is 4.68. The summed E-state index contributed by atoms with van der Waals surface area (Å²) in [6.45, 7) is 6.73. The lowest BCUT2D eigenvalue weighted by Crippen LogP contribution is -2.10. The minimum absolute atomic E-state index is 0.0525. The molecule has 2 rings (SSSR count). The Balaban J connectivity index is 1.98. The predicted molar refractivity (Wildman–Crippen MR) is 68.2 cm³/mol. The van der Waals surface area contributed by atoms with Gasteiger partial charge in [0.2, 0.25) is 0 Å². The van der Waals surface area contributed by atoms with Gasteiger partial charge in [-0.15, -0.1) is 5.10 Å². The average molecular weight is 247 g/mol. The van der Waals surface area contributed by atoms with E-state index in [-0.39, 0.29) is 18.0 Å². The average Bonchev–Trinajstić information content (AvgIpc) is 2.72. The first-order chi connectivity index (χ1) is 8.45. The van der Waals surface area contributed by atoms with E-state index in [1.807, 2.05) is 12.1 Å². The largest absolute Gasteiger partial charge is 0.484 e. The minimum Gasteiger partial charge on any atom is -0.484 e. The van der Waals surface area contributed by atoms with Gasteiger partial charge in [0.25, 0.3) is 5.89 Å². The zero-order chi connectivity index (χ0) is 13.2. The third kappa shape index (κ3) is 3.00. The maximum Gasteiger partial charge on any atom is 0.312 e. The highest BCUT2D eigenvalue weighted by atomic mass is 16.5. The summed E-state index contributed by atoms with van der Waals surface area (Å²) in [6, 6.07) is 8.02. The number of aromatic nitrogens is 2. The van der Waals surface area contributed by atoms with Crippen molar-refractivity contribution < 1.29 is 9.15 Å². The van der Waals surface area contributed by atoms with Crippen LogP contribution in [0.3, 0.4) is 0 Å². The van der Waals surface area contributed by atoms with E-state index in [2.05, 4.69) is 43.1 Å². The number of hydrogen-bond acceptors (Lipinski definition) is 5. The first kappa shape index (κ1) is 12.4. The van der Waals surface area contributed by atoms with Gasteiger partial charge in [-0.05, 0) is 23.1 Å². The van der Waals surface area contributed by atoms with Crippen LogP contribution in [0.25, 0.3) is 0 Å². The normalized spacial score (nSPS) is 11.5. The summed E-state index contributed by atoms with van der Waals surface area (Å²) >= 11 is 0. The molecule has 1 heterocycles. The summed E-state index contributed by atoms with van der Waals surface area (Å²) in [5.41, 5.74) is 6.72. The van der Waals surface area contributed by atoms with Crippen molar-refractivity contribution in [1.29, 1.82) is 0 Å². The van der Waals surface area contributed by atoms with Crippen molar-refractivity contribution in [3.63, 3.8) is 0 Å². The number of ether oxygens (including phenoxy) is 1. The molecule has 0 unspecified atom stereocenters. The predicted octanol–water partition coefficient (Wildman–Crippen LogP) is 2.53. The third-order valence-corrected chi connectivity index (χ3v) is 2.57. The van der Waals surface area contributed by atoms with Crippen LogP contribution in [-0.2, 0) is 12.0 Å². The molecule has 96 valence electrons. The van der Waals surface area contributed by atoms with Crippen molar-refractivity contribution in [1.82, 2.24) is 10.2 Å². The van der Waals surface area contributed by atoms with Gasteiger partial charge in [-0.1, -0.05) is 38.0 Å². The SMILES string of the molecule is CC(C)(C)c1ccc(OCc2nnc(N)o2)cc1. The second-order valence-corrected chi connectivity index (χ2v) is 5.10. The fourth-order valence-corrected chi connectivity index (χ4v) is 1.52. The molecule has 0 fully saturated rings. The Morgan fingerprint density at radius 2 is 1.83 bits per heavy atom. The zero-order valence-electron chi connectivity index (χ0n) is 10.8. The Morgan fingerprint density at radius 3 is 2.33 bits per heavy atom. The van der Waals surface area contributed by atoms with Crippen LogP contribution in [0.15, 0.2) is 28.7 Å². The highest BCUT2D eigenvalue weighted by Gasteiger charge is 2.13. The molecular formula is C13H17N3O2. The standard InChI is InChI=1S/C13H17N3O2/c1-13(2,3)9-4-6-10(7-5-9)17-8-11-15-16-12(14)18-11/h4-7H,8H2,1-3H3,(H2,14,16). The van der Waals surface area contributed by atoms with Crippen LogP contribution in [0.2, 0.25) is 0 Å². The van der Waals surface area contributed by atoms with Crippen LogP contribution >= 0.6 is 0 Å². The van der Waals surface area contributed by atoms with Crippen LogP contribution in [0.1, 0.15) is 32.2 Å². The van der Waals surface area contributed by atoms with E-state index in [4.69, 9.17) is 14.9 Å². The molecule has 2 aromatic rings. The van der Waals surface area contributed by atoms with Crippen LogP contribution in [0.5, 0.6) is 5.75 Å². The van der Waals surface area contributed by atoms with E-state index in [1.54, 1.807) is 0 Å². The maximum atomic E-state index is 5.52. The van der Waals surface area contributed by atoms with Crippen molar-refractivity contribution in [2.45, 2.75) is 32.8 Å². The Kier molecular flexibility index (Phi) is 3.23. The molecule has 18 heavy (non-hydrogen) atoms. The molecule has 5 nitrogen and oxygen atoms in total. The Bertz CT molecular complexity index is 512. The van der Waals surface area contributed by atoms with Gasteiger partial charge in [0.15, 0.2) is 6.61 Å². The fraction of sp³-hybridized carbons (Fsp3) is 0.385. The third-order valence-electron chi connectivity index (χ3n) is 2.57. The molecule has 5 heteroatoms. The lowest BCUT2D eigenvalue weighted by molar-refractivity contribution is 0.265. The molecule has 0 atom stereocenters. The lowest BCUT2D eigenvalue weighted by Gasteiger charge is -2.19. The Hall–Kier alpha value is -2.04. The van der Waals surface area contributed by atoms with E-state index in [9.17, 15) is 0 Å². The molecule has 0 radical (unpaired) electrons. The number of nitrogens with zero attached hydrogens (tertiary/aromatic N) is 2. The molecule has 1 aromatic heterocycles. The summed E-state index contributed by atoms with van der Waals surface area (Å²) in [5.74, 6) is 1.13. The van der Waals surface area contributed by atoms with Crippen LogP contribution < -0.4 is 10.5 Å². The van der Waals surface area contributed by atoms with Crippen molar-refractivity contribution in [2.24, 2.45) is 0 Å². The summed E-state index contributed by atoms with van der Waals surface area (Å²) in [7, 11) is 0. The molecule has 0 spiro atoms. The van der Waals surface area contributed by atoms with Gasteiger partial charge in [0, 0.05) is 0 Å². The van der Waals surface area contributed by atoms with Gasteiger partial charge in [-0.3, -0.25) is 0 Å². The Labute approximate surface area is 106 Å². The smallest absolute Gasteiger partial charge is 0.312 e. The number of nitrogens with two attached hydrogens (primary N) is 1. The first-order valence-corrected chi connectivity index (χ1v) is 5.76. The molecule has 0 amide bonds. The van der Waals surface area contributed by atoms with Crippen molar-refractivity contribution in [3.05, 3.63) is 35.7 Å². The van der Waals surface area contributed by atoms with Crippen LogP contribution in [-0.4, -0.2) is 10.2 Å². The van der Waals surface area contributed by atoms with Gasteiger partial charge in [0.05, 0.1) is 0 Å². The highest BCUT2D eigenvalue weighted by molar-refractivity contribution is 5.31. The number of hydrogen-bond donors (Lipinski definition) is 1. The van der Waals surface area contributed by atoms with Gasteiger partial charge < -0.3 is 14.9 Å². The maximum absolute atomic E-state index is 5.52. The van der Waals surface area contributed by atoms with Gasteiger partial charge in [-0.25, -0.2) is 0 Å². The Morgan fingerprint density at radius 1 is 1.17 bits per heavy atom. The molecule has 0 saturated carbocycles. The summed E-state index contributed by atoms with van der Waals surface area (Å²) in [6.07, 6.45) is 0. The molecule has 2 N–H and O–H groups in total. The number of nitrogen functional groups attached to an aromatic ring is 1. The fourth-order valence-electron chi connectivity index (χ4n) is 1.52. The summed E-state index contributed by atoms with van der Waals surface area (Å²) in [4.78, 5) is 0. The lowest BCUT2D eigenvalue weighted by atomic mass is 9.87. The number of anilines is 1. The van der Waals surface area contributed by atoms with Gasteiger partial charge in [-0.2, -0.15) is 0 Å². The summed E-state index contributed by atoms with van der Waals surface area (Å²) < 4.78 is 10.5. The van der Waals surface area contributed by atoms with Crippen molar-refractivity contribution in [3.8, 4) is 5.75 Å². The quantitative estimate of drug-likeness (QED) is 0.902. The van der Waals surface area contributed by atoms with E-state index >= 15 is 0 Å². The van der Waals surface area contributed by atoms with Crippen LogP contribution in [0.4, 0.5) is 6.01 Å². The number of benzene rings is 1.